The first-order valence-electron chi connectivity index (χ1n) is 6.13. The van der Waals surface area contributed by atoms with Crippen LogP contribution in [0.4, 0.5) is 4.39 Å². The topological polar surface area (TPSA) is 75.8 Å². The van der Waals surface area contributed by atoms with Gasteiger partial charge in [0.15, 0.2) is 0 Å². The van der Waals surface area contributed by atoms with Gasteiger partial charge in [-0.2, -0.15) is 0 Å². The van der Waals surface area contributed by atoms with Crippen LogP contribution >= 0.6 is 0 Å². The van der Waals surface area contributed by atoms with E-state index in [2.05, 4.69) is 0 Å². The van der Waals surface area contributed by atoms with Crippen LogP contribution in [0.25, 0.3) is 0 Å². The van der Waals surface area contributed by atoms with E-state index < -0.39 is 5.91 Å². The highest BCUT2D eigenvalue weighted by molar-refractivity contribution is 5.92. The van der Waals surface area contributed by atoms with Crippen molar-refractivity contribution in [3.05, 3.63) is 35.1 Å². The van der Waals surface area contributed by atoms with Crippen LogP contribution in [0, 0.1) is 5.82 Å². The quantitative estimate of drug-likeness (QED) is 0.813. The molecule has 104 valence electrons. The molecule has 1 fully saturated rings. The summed E-state index contributed by atoms with van der Waals surface area (Å²) in [7, 11) is 0. The molecule has 0 radical (unpaired) electrons. The van der Waals surface area contributed by atoms with Crippen LogP contribution in [0.15, 0.2) is 18.2 Å². The zero-order valence-corrected chi connectivity index (χ0v) is 10.5. The van der Waals surface area contributed by atoms with E-state index in [0.717, 1.165) is 0 Å². The molecular formula is C13H17FN2O3. The number of aliphatic hydroxyl groups is 1. The molecule has 0 aromatic heterocycles. The third kappa shape index (κ3) is 3.50. The van der Waals surface area contributed by atoms with E-state index in [4.69, 9.17) is 15.6 Å². The molecule has 1 heterocycles. The Morgan fingerprint density at radius 3 is 3.05 bits per heavy atom. The SMILES string of the molecule is NC(=O)c1ccc(F)c(CN2CCOC(CO)C2)c1. The molecule has 0 aliphatic carbocycles. The van der Waals surface area contributed by atoms with E-state index in [1.54, 1.807) is 0 Å². The standard InChI is InChI=1S/C13H17FN2O3/c14-12-2-1-9(13(15)18)5-10(12)6-16-3-4-19-11(7-16)8-17/h1-2,5,11,17H,3-4,6-8H2,(H2,15,18). The molecule has 6 heteroatoms. The number of hydrogen-bond donors (Lipinski definition) is 2. The predicted molar refractivity (Wildman–Crippen MR) is 67.0 cm³/mol. The van der Waals surface area contributed by atoms with Crippen molar-refractivity contribution in [1.82, 2.24) is 4.90 Å². The van der Waals surface area contributed by atoms with Crippen molar-refractivity contribution in [3.63, 3.8) is 0 Å². The van der Waals surface area contributed by atoms with Gasteiger partial charge < -0.3 is 15.6 Å². The fourth-order valence-electron chi connectivity index (χ4n) is 2.12. The number of primary amides is 1. The normalized spacial score (nSPS) is 20.4. The minimum atomic E-state index is -0.573. The number of nitrogens with two attached hydrogens (primary N) is 1. The van der Waals surface area contributed by atoms with E-state index in [0.29, 0.717) is 37.4 Å². The number of ether oxygens (including phenoxy) is 1. The molecule has 1 amide bonds. The maximum Gasteiger partial charge on any atom is 0.248 e. The number of nitrogens with zero attached hydrogens (tertiary/aromatic N) is 1. The zero-order valence-electron chi connectivity index (χ0n) is 10.5. The Morgan fingerprint density at radius 2 is 2.37 bits per heavy atom. The van der Waals surface area contributed by atoms with Gasteiger partial charge in [-0.05, 0) is 18.2 Å². The largest absolute Gasteiger partial charge is 0.394 e. The van der Waals surface area contributed by atoms with Crippen molar-refractivity contribution in [2.75, 3.05) is 26.3 Å². The van der Waals surface area contributed by atoms with Crippen LogP contribution in [-0.2, 0) is 11.3 Å². The summed E-state index contributed by atoms with van der Waals surface area (Å²) in [4.78, 5) is 13.1. The summed E-state index contributed by atoms with van der Waals surface area (Å²) in [5, 5.41) is 9.06. The first-order valence-corrected chi connectivity index (χ1v) is 6.13. The van der Waals surface area contributed by atoms with E-state index in [1.807, 2.05) is 4.90 Å². The Morgan fingerprint density at radius 1 is 1.58 bits per heavy atom. The summed E-state index contributed by atoms with van der Waals surface area (Å²) in [6, 6.07) is 4.09. The number of carbonyl (C=O) groups is 1. The molecule has 0 bridgehead atoms. The molecule has 3 N–H and O–H groups in total. The number of carbonyl (C=O) groups excluding carboxylic acids is 1. The van der Waals surface area contributed by atoms with Crippen molar-refractivity contribution in [2.24, 2.45) is 5.73 Å². The number of morpholine rings is 1. The van der Waals surface area contributed by atoms with Crippen molar-refractivity contribution >= 4 is 5.91 Å². The van der Waals surface area contributed by atoms with Gasteiger partial charge in [-0.1, -0.05) is 0 Å². The first kappa shape index (κ1) is 13.9. The Bertz CT molecular complexity index is 467. The van der Waals surface area contributed by atoms with E-state index in [1.165, 1.54) is 18.2 Å². The Labute approximate surface area is 110 Å². The van der Waals surface area contributed by atoms with Gasteiger partial charge in [-0.3, -0.25) is 9.69 Å². The summed E-state index contributed by atoms with van der Waals surface area (Å²) in [5.74, 6) is -0.937. The lowest BCUT2D eigenvalue weighted by Crippen LogP contribution is -2.43. The molecular weight excluding hydrogens is 251 g/mol. The summed E-state index contributed by atoms with van der Waals surface area (Å²) < 4.78 is 19.0. The molecule has 1 aromatic rings. The van der Waals surface area contributed by atoms with Crippen molar-refractivity contribution < 1.29 is 19.0 Å². The predicted octanol–water partition coefficient (Wildman–Crippen LogP) is 0.118. The Kier molecular flexibility index (Phi) is 4.47. The number of halogens is 1. The van der Waals surface area contributed by atoms with Crippen LogP contribution in [0.1, 0.15) is 15.9 Å². The highest BCUT2D eigenvalue weighted by Crippen LogP contribution is 2.15. The van der Waals surface area contributed by atoms with Crippen molar-refractivity contribution in [3.8, 4) is 0 Å². The van der Waals surface area contributed by atoms with Crippen LogP contribution in [0.2, 0.25) is 0 Å². The third-order valence-corrected chi connectivity index (χ3v) is 3.15. The zero-order chi connectivity index (χ0) is 13.8. The second kappa shape index (κ2) is 6.10. The van der Waals surface area contributed by atoms with Crippen molar-refractivity contribution in [2.45, 2.75) is 12.6 Å². The molecule has 1 aliphatic rings. The maximum absolute atomic E-state index is 13.7. The van der Waals surface area contributed by atoms with Gasteiger partial charge >= 0.3 is 0 Å². The van der Waals surface area contributed by atoms with Gasteiger partial charge in [0.25, 0.3) is 0 Å². The van der Waals surface area contributed by atoms with Crippen LogP contribution in [0.3, 0.4) is 0 Å². The van der Waals surface area contributed by atoms with Gasteiger partial charge in [0, 0.05) is 30.8 Å². The maximum atomic E-state index is 13.7. The summed E-state index contributed by atoms with van der Waals surface area (Å²) in [5.41, 5.74) is 5.90. The first-order chi connectivity index (χ1) is 9.10. The molecule has 1 aliphatic heterocycles. The molecule has 0 spiro atoms. The fourth-order valence-corrected chi connectivity index (χ4v) is 2.12. The lowest BCUT2D eigenvalue weighted by atomic mass is 10.1. The number of benzene rings is 1. The Balaban J connectivity index is 2.09. The number of aliphatic hydroxyl groups excluding tert-OH is 1. The smallest absolute Gasteiger partial charge is 0.248 e. The number of rotatable bonds is 4. The summed E-state index contributed by atoms with van der Waals surface area (Å²) in [6.07, 6.45) is -0.240. The minimum Gasteiger partial charge on any atom is -0.394 e. The second-order valence-electron chi connectivity index (χ2n) is 4.58. The van der Waals surface area contributed by atoms with Crippen molar-refractivity contribution in [1.29, 1.82) is 0 Å². The summed E-state index contributed by atoms with van der Waals surface area (Å²) in [6.45, 7) is 2.02. The van der Waals surface area contributed by atoms with Crippen LogP contribution in [0.5, 0.6) is 0 Å². The molecule has 19 heavy (non-hydrogen) atoms. The minimum absolute atomic E-state index is 0.0553. The lowest BCUT2D eigenvalue weighted by Gasteiger charge is -2.32. The van der Waals surface area contributed by atoms with Gasteiger partial charge in [0.05, 0.1) is 19.3 Å². The van der Waals surface area contributed by atoms with Gasteiger partial charge in [0.2, 0.25) is 5.91 Å². The highest BCUT2D eigenvalue weighted by atomic mass is 19.1. The van der Waals surface area contributed by atoms with E-state index >= 15 is 0 Å². The average Bonchev–Trinajstić information content (AvgIpc) is 2.41. The third-order valence-electron chi connectivity index (χ3n) is 3.15. The van der Waals surface area contributed by atoms with E-state index in [9.17, 15) is 9.18 Å². The number of amides is 1. The molecule has 1 atom stereocenters. The monoisotopic (exact) mass is 268 g/mol. The van der Waals surface area contributed by atoms with Crippen LogP contribution < -0.4 is 5.73 Å². The molecule has 1 aromatic carbocycles. The average molecular weight is 268 g/mol. The second-order valence-corrected chi connectivity index (χ2v) is 4.58. The van der Waals surface area contributed by atoms with Gasteiger partial charge in [-0.15, -0.1) is 0 Å². The number of hydrogen-bond acceptors (Lipinski definition) is 4. The fraction of sp³-hybridized carbons (Fsp3) is 0.462. The molecule has 5 nitrogen and oxygen atoms in total. The van der Waals surface area contributed by atoms with Gasteiger partial charge in [-0.25, -0.2) is 4.39 Å². The van der Waals surface area contributed by atoms with E-state index in [-0.39, 0.29) is 18.5 Å². The molecule has 0 saturated carbocycles. The molecule has 1 saturated heterocycles. The Hall–Kier alpha value is -1.50. The van der Waals surface area contributed by atoms with Crippen LogP contribution in [-0.4, -0.2) is 48.3 Å². The molecule has 1 unspecified atom stereocenters. The van der Waals surface area contributed by atoms with Gasteiger partial charge in [0.1, 0.15) is 5.82 Å². The summed E-state index contributed by atoms with van der Waals surface area (Å²) >= 11 is 0. The molecule has 2 rings (SSSR count). The lowest BCUT2D eigenvalue weighted by molar-refractivity contribution is -0.0553. The highest BCUT2D eigenvalue weighted by Gasteiger charge is 2.20.